The molecule has 0 aliphatic heterocycles. The topological polar surface area (TPSA) is 0 Å². The Hall–Kier alpha value is -1.04. The summed E-state index contributed by atoms with van der Waals surface area (Å²) in [6.45, 7) is 8.80. The molecule has 1 aliphatic rings. The van der Waals surface area contributed by atoms with E-state index in [1.165, 1.54) is 11.1 Å². The molecule has 0 amide bonds. The molecule has 0 saturated heterocycles. The van der Waals surface area contributed by atoms with E-state index in [1.807, 2.05) is 0 Å². The average molecular weight is 174 g/mol. The van der Waals surface area contributed by atoms with Gasteiger partial charge in [0.05, 0.1) is 0 Å². The van der Waals surface area contributed by atoms with Gasteiger partial charge in [-0.1, -0.05) is 62.8 Å². The summed E-state index contributed by atoms with van der Waals surface area (Å²) in [5, 5.41) is 0. The molecule has 0 heteroatoms. The van der Waals surface area contributed by atoms with Crippen molar-refractivity contribution in [2.24, 2.45) is 5.41 Å². The normalized spacial score (nSPS) is 17.5. The third-order valence-electron chi connectivity index (χ3n) is 2.14. The second-order valence-corrected chi connectivity index (χ2v) is 4.50. The van der Waals surface area contributed by atoms with Crippen LogP contribution in [0.1, 0.15) is 27.7 Å². The Kier molecular flexibility index (Phi) is 2.92. The van der Waals surface area contributed by atoms with Crippen molar-refractivity contribution in [3.8, 4) is 0 Å². The van der Waals surface area contributed by atoms with E-state index in [9.17, 15) is 0 Å². The van der Waals surface area contributed by atoms with Crippen LogP contribution in [0.2, 0.25) is 0 Å². The van der Waals surface area contributed by atoms with E-state index in [-0.39, 0.29) is 5.41 Å². The summed E-state index contributed by atoms with van der Waals surface area (Å²) in [6.07, 6.45) is 12.9. The van der Waals surface area contributed by atoms with Gasteiger partial charge in [-0.2, -0.15) is 0 Å². The zero-order chi connectivity index (χ0) is 9.90. The highest BCUT2D eigenvalue weighted by molar-refractivity contribution is 5.36. The molecule has 0 heterocycles. The second kappa shape index (κ2) is 3.78. The highest BCUT2D eigenvalue weighted by Crippen LogP contribution is 2.26. The van der Waals surface area contributed by atoms with Crippen LogP contribution in [0.15, 0.2) is 47.6 Å². The molecule has 1 rings (SSSR count). The maximum absolute atomic E-state index is 2.23. The zero-order valence-electron chi connectivity index (χ0n) is 8.96. The van der Waals surface area contributed by atoms with E-state index < -0.39 is 0 Å². The van der Waals surface area contributed by atoms with Crippen LogP contribution < -0.4 is 0 Å². The summed E-state index contributed by atoms with van der Waals surface area (Å²) in [7, 11) is 0. The Bertz CT molecular complexity index is 290. The van der Waals surface area contributed by atoms with E-state index in [0.29, 0.717) is 0 Å². The van der Waals surface area contributed by atoms with Gasteiger partial charge in [0, 0.05) is 0 Å². The van der Waals surface area contributed by atoms with E-state index in [4.69, 9.17) is 0 Å². The van der Waals surface area contributed by atoms with Gasteiger partial charge in [-0.15, -0.1) is 0 Å². The Morgan fingerprint density at radius 1 is 0.923 bits per heavy atom. The van der Waals surface area contributed by atoms with Crippen molar-refractivity contribution in [1.29, 1.82) is 0 Å². The summed E-state index contributed by atoms with van der Waals surface area (Å²) in [4.78, 5) is 0. The minimum Gasteiger partial charge on any atom is -0.0617 e. The lowest BCUT2D eigenvalue weighted by atomic mass is 9.85. The number of allylic oxidation sites excluding steroid dienone is 8. The lowest BCUT2D eigenvalue weighted by Gasteiger charge is -2.20. The number of hydrogen-bond acceptors (Lipinski definition) is 0. The summed E-state index contributed by atoms with van der Waals surface area (Å²) < 4.78 is 0. The Labute approximate surface area is 81.4 Å². The quantitative estimate of drug-likeness (QED) is 0.520. The number of hydrogen-bond donors (Lipinski definition) is 0. The molecular weight excluding hydrogens is 156 g/mol. The van der Waals surface area contributed by atoms with Crippen LogP contribution in [0.5, 0.6) is 0 Å². The van der Waals surface area contributed by atoms with E-state index in [0.717, 1.165) is 0 Å². The minimum atomic E-state index is 0.236. The predicted octanol–water partition coefficient (Wildman–Crippen LogP) is 4.03. The molecule has 0 atom stereocenters. The van der Waals surface area contributed by atoms with Crippen molar-refractivity contribution >= 4 is 0 Å². The molecule has 70 valence electrons. The third kappa shape index (κ3) is 3.06. The molecule has 0 N–H and O–H groups in total. The first-order valence-electron chi connectivity index (χ1n) is 4.74. The molecule has 0 aromatic rings. The van der Waals surface area contributed by atoms with Gasteiger partial charge in [0.2, 0.25) is 0 Å². The Balaban J connectivity index is 2.93. The molecule has 0 aromatic heterocycles. The molecule has 1 aliphatic carbocycles. The summed E-state index contributed by atoms with van der Waals surface area (Å²) in [5.74, 6) is 0. The smallest absolute Gasteiger partial charge is 0.0132 e. The van der Waals surface area contributed by atoms with Crippen molar-refractivity contribution in [3.63, 3.8) is 0 Å². The number of rotatable bonds is 0. The molecule has 0 spiro atoms. The molecule has 0 bridgehead atoms. The van der Waals surface area contributed by atoms with Crippen LogP contribution >= 0.6 is 0 Å². The standard InChI is InChI=1S/C13H18/c1-11-7-5-9-12(10-6-8-11)13(2,3)4/h5-10H,1-4H3. The van der Waals surface area contributed by atoms with E-state index in [1.54, 1.807) is 0 Å². The van der Waals surface area contributed by atoms with Crippen LogP contribution in [-0.2, 0) is 0 Å². The zero-order valence-corrected chi connectivity index (χ0v) is 8.96. The van der Waals surface area contributed by atoms with Gasteiger partial charge in [-0.25, -0.2) is 0 Å². The van der Waals surface area contributed by atoms with Crippen molar-refractivity contribution in [2.75, 3.05) is 0 Å². The minimum absolute atomic E-state index is 0.236. The Morgan fingerprint density at radius 3 is 2.15 bits per heavy atom. The lowest BCUT2D eigenvalue weighted by molar-refractivity contribution is 0.517. The maximum Gasteiger partial charge on any atom is -0.0132 e. The summed E-state index contributed by atoms with van der Waals surface area (Å²) >= 11 is 0. The third-order valence-corrected chi connectivity index (χ3v) is 2.14. The van der Waals surface area contributed by atoms with Crippen LogP contribution in [0.4, 0.5) is 0 Å². The molecule has 0 fully saturated rings. The molecule has 0 nitrogen and oxygen atoms in total. The Morgan fingerprint density at radius 2 is 1.54 bits per heavy atom. The molecule has 0 saturated carbocycles. The van der Waals surface area contributed by atoms with Gasteiger partial charge in [-0.05, 0) is 17.9 Å². The highest BCUT2D eigenvalue weighted by Gasteiger charge is 2.13. The molecule has 0 unspecified atom stereocenters. The van der Waals surface area contributed by atoms with Gasteiger partial charge in [0.1, 0.15) is 0 Å². The van der Waals surface area contributed by atoms with Crippen LogP contribution in [-0.4, -0.2) is 0 Å². The molecule has 13 heavy (non-hydrogen) atoms. The lowest BCUT2D eigenvalue weighted by Crippen LogP contribution is -2.07. The van der Waals surface area contributed by atoms with Crippen LogP contribution in [0, 0.1) is 5.41 Å². The van der Waals surface area contributed by atoms with Crippen LogP contribution in [0.25, 0.3) is 0 Å². The van der Waals surface area contributed by atoms with Gasteiger partial charge in [0.25, 0.3) is 0 Å². The highest BCUT2D eigenvalue weighted by atomic mass is 14.2. The fourth-order valence-corrected chi connectivity index (χ4v) is 1.22. The van der Waals surface area contributed by atoms with Crippen molar-refractivity contribution in [3.05, 3.63) is 47.6 Å². The molecule has 0 aromatic carbocycles. The monoisotopic (exact) mass is 174 g/mol. The van der Waals surface area contributed by atoms with Gasteiger partial charge >= 0.3 is 0 Å². The second-order valence-electron chi connectivity index (χ2n) is 4.50. The van der Waals surface area contributed by atoms with Crippen molar-refractivity contribution in [2.45, 2.75) is 27.7 Å². The summed E-state index contributed by atoms with van der Waals surface area (Å²) in [5.41, 5.74) is 2.90. The van der Waals surface area contributed by atoms with Gasteiger partial charge in [-0.3, -0.25) is 0 Å². The molecule has 0 radical (unpaired) electrons. The fourth-order valence-electron chi connectivity index (χ4n) is 1.22. The first kappa shape index (κ1) is 10.0. The SMILES string of the molecule is CC1=CC=CC(C(C)(C)C)=CC=C1. The summed E-state index contributed by atoms with van der Waals surface area (Å²) in [6, 6.07) is 0. The first-order chi connectivity index (χ1) is 6.00. The predicted molar refractivity (Wildman–Crippen MR) is 59.6 cm³/mol. The van der Waals surface area contributed by atoms with Crippen molar-refractivity contribution < 1.29 is 0 Å². The largest absolute Gasteiger partial charge is 0.0617 e. The van der Waals surface area contributed by atoms with Gasteiger partial charge in [0.15, 0.2) is 0 Å². The van der Waals surface area contributed by atoms with Crippen molar-refractivity contribution in [1.82, 2.24) is 0 Å². The van der Waals surface area contributed by atoms with Crippen LogP contribution in [0.3, 0.4) is 0 Å². The van der Waals surface area contributed by atoms with E-state index in [2.05, 4.69) is 64.2 Å². The van der Waals surface area contributed by atoms with Gasteiger partial charge < -0.3 is 0 Å². The first-order valence-corrected chi connectivity index (χ1v) is 4.74. The molecular formula is C13H18. The van der Waals surface area contributed by atoms with E-state index >= 15 is 0 Å². The fraction of sp³-hybridized carbons (Fsp3) is 0.385. The maximum atomic E-state index is 2.23. The average Bonchev–Trinajstić information content (AvgIpc) is 1.93.